The maximum atomic E-state index is 11.3. The lowest BCUT2D eigenvalue weighted by molar-refractivity contribution is -0.124. The molecule has 1 rings (SSSR count). The van der Waals surface area contributed by atoms with Crippen molar-refractivity contribution in [3.63, 3.8) is 0 Å². The molecule has 0 unspecified atom stereocenters. The van der Waals surface area contributed by atoms with Crippen LogP contribution in [0.3, 0.4) is 0 Å². The van der Waals surface area contributed by atoms with Gasteiger partial charge in [-0.15, -0.1) is 6.42 Å². The molecular formula is C10H15NO3. The minimum Gasteiger partial charge on any atom is -0.394 e. The van der Waals surface area contributed by atoms with Crippen molar-refractivity contribution in [3.8, 4) is 12.3 Å². The topological polar surface area (TPSA) is 58.6 Å². The van der Waals surface area contributed by atoms with Gasteiger partial charge in [0, 0.05) is 13.2 Å². The molecule has 78 valence electrons. The number of aliphatic hydroxyl groups excluding tert-OH is 1. The van der Waals surface area contributed by atoms with Gasteiger partial charge in [-0.2, -0.15) is 0 Å². The first-order chi connectivity index (χ1) is 6.72. The molecule has 1 amide bonds. The average molecular weight is 197 g/mol. The summed E-state index contributed by atoms with van der Waals surface area (Å²) in [5, 5.41) is 12.0. The number of hydrogen-bond donors (Lipinski definition) is 2. The summed E-state index contributed by atoms with van der Waals surface area (Å²) in [6.07, 6.45) is 6.36. The maximum Gasteiger partial charge on any atom is 0.232 e. The fourth-order valence-corrected chi connectivity index (χ4v) is 1.52. The highest BCUT2D eigenvalue weighted by molar-refractivity contribution is 5.79. The summed E-state index contributed by atoms with van der Waals surface area (Å²) in [6.45, 7) is 1.07. The Morgan fingerprint density at radius 2 is 2.21 bits per heavy atom. The monoisotopic (exact) mass is 197 g/mol. The average Bonchev–Trinajstić information content (AvgIpc) is 2.19. The van der Waals surface area contributed by atoms with Crippen LogP contribution in [0.4, 0.5) is 0 Å². The second-order valence-corrected chi connectivity index (χ2v) is 3.48. The Hall–Kier alpha value is -1.05. The highest BCUT2D eigenvalue weighted by Crippen LogP contribution is 2.19. The van der Waals surface area contributed by atoms with Gasteiger partial charge in [0.15, 0.2) is 0 Å². The van der Waals surface area contributed by atoms with E-state index in [0.29, 0.717) is 26.1 Å². The molecular weight excluding hydrogens is 182 g/mol. The van der Waals surface area contributed by atoms with Gasteiger partial charge in [0.2, 0.25) is 5.91 Å². The van der Waals surface area contributed by atoms with Crippen LogP contribution < -0.4 is 5.32 Å². The van der Waals surface area contributed by atoms with Crippen LogP contribution in [0.1, 0.15) is 19.3 Å². The summed E-state index contributed by atoms with van der Waals surface area (Å²) >= 11 is 0. The lowest BCUT2D eigenvalue weighted by Gasteiger charge is -2.36. The lowest BCUT2D eigenvalue weighted by Crippen LogP contribution is -2.54. The normalized spacial score (nSPS) is 19.7. The van der Waals surface area contributed by atoms with Crippen molar-refractivity contribution >= 4 is 5.91 Å². The number of hydrogen-bond acceptors (Lipinski definition) is 3. The first-order valence-electron chi connectivity index (χ1n) is 4.65. The standard InChI is InChI=1S/C10H15NO3/c1-2-3-9(13)11-10(8-12)4-6-14-7-5-10/h1,12H,3-8H2,(H,11,13). The number of nitrogens with one attached hydrogen (secondary N) is 1. The van der Waals surface area contributed by atoms with Crippen LogP contribution in [0.25, 0.3) is 0 Å². The van der Waals surface area contributed by atoms with E-state index in [2.05, 4.69) is 11.2 Å². The number of carbonyl (C=O) groups excluding carboxylic acids is 1. The summed E-state index contributed by atoms with van der Waals surface area (Å²) in [4.78, 5) is 11.3. The van der Waals surface area contributed by atoms with E-state index in [1.165, 1.54) is 0 Å². The van der Waals surface area contributed by atoms with Crippen molar-refractivity contribution in [1.29, 1.82) is 0 Å². The van der Waals surface area contributed by atoms with Gasteiger partial charge in [-0.25, -0.2) is 0 Å². The third-order valence-corrected chi connectivity index (χ3v) is 2.42. The molecule has 14 heavy (non-hydrogen) atoms. The molecule has 4 nitrogen and oxygen atoms in total. The number of ether oxygens (including phenoxy) is 1. The van der Waals surface area contributed by atoms with Gasteiger partial charge in [-0.3, -0.25) is 4.79 Å². The van der Waals surface area contributed by atoms with E-state index < -0.39 is 5.54 Å². The summed E-state index contributed by atoms with van der Waals surface area (Å²) in [5.41, 5.74) is -0.522. The molecule has 0 aliphatic carbocycles. The van der Waals surface area contributed by atoms with Crippen molar-refractivity contribution in [3.05, 3.63) is 0 Å². The van der Waals surface area contributed by atoms with Crippen molar-refractivity contribution in [2.24, 2.45) is 0 Å². The minimum absolute atomic E-state index is 0.0581. The quantitative estimate of drug-likeness (QED) is 0.609. The summed E-state index contributed by atoms with van der Waals surface area (Å²) in [5.74, 6) is 2.07. The first kappa shape index (κ1) is 11.0. The summed E-state index contributed by atoms with van der Waals surface area (Å²) < 4.78 is 5.17. The number of amides is 1. The van der Waals surface area contributed by atoms with Gasteiger partial charge in [0.1, 0.15) is 0 Å². The molecule has 0 aromatic carbocycles. The van der Waals surface area contributed by atoms with E-state index in [9.17, 15) is 9.90 Å². The lowest BCUT2D eigenvalue weighted by atomic mass is 9.91. The van der Waals surface area contributed by atoms with Gasteiger partial charge in [-0.05, 0) is 12.8 Å². The molecule has 4 heteroatoms. The number of aliphatic hydroxyl groups is 1. The largest absolute Gasteiger partial charge is 0.394 e. The maximum absolute atomic E-state index is 11.3. The zero-order valence-electron chi connectivity index (χ0n) is 8.08. The molecule has 0 aromatic rings. The van der Waals surface area contributed by atoms with Crippen LogP contribution >= 0.6 is 0 Å². The molecule has 0 spiro atoms. The van der Waals surface area contributed by atoms with E-state index in [0.717, 1.165) is 0 Å². The zero-order chi connectivity index (χ0) is 10.4. The second kappa shape index (κ2) is 4.99. The number of rotatable bonds is 3. The van der Waals surface area contributed by atoms with Crippen molar-refractivity contribution in [1.82, 2.24) is 5.32 Å². The molecule has 1 fully saturated rings. The van der Waals surface area contributed by atoms with Crippen LogP contribution in [0.5, 0.6) is 0 Å². The van der Waals surface area contributed by atoms with Crippen LogP contribution in [-0.2, 0) is 9.53 Å². The Morgan fingerprint density at radius 1 is 1.57 bits per heavy atom. The van der Waals surface area contributed by atoms with Gasteiger partial charge in [-0.1, -0.05) is 5.92 Å². The number of terminal acetylenes is 1. The van der Waals surface area contributed by atoms with E-state index >= 15 is 0 Å². The van der Waals surface area contributed by atoms with Crippen molar-refractivity contribution in [2.75, 3.05) is 19.8 Å². The fraction of sp³-hybridized carbons (Fsp3) is 0.700. The molecule has 1 heterocycles. The Morgan fingerprint density at radius 3 is 2.71 bits per heavy atom. The predicted molar refractivity (Wildman–Crippen MR) is 51.5 cm³/mol. The van der Waals surface area contributed by atoms with E-state index in [1.54, 1.807) is 0 Å². The molecule has 1 saturated heterocycles. The molecule has 0 atom stereocenters. The minimum atomic E-state index is -0.522. The molecule has 1 aliphatic heterocycles. The van der Waals surface area contributed by atoms with E-state index in [4.69, 9.17) is 11.2 Å². The molecule has 0 radical (unpaired) electrons. The summed E-state index contributed by atoms with van der Waals surface area (Å²) in [7, 11) is 0. The summed E-state index contributed by atoms with van der Waals surface area (Å²) in [6, 6.07) is 0. The highest BCUT2D eigenvalue weighted by Gasteiger charge is 2.33. The van der Waals surface area contributed by atoms with Crippen LogP contribution in [0, 0.1) is 12.3 Å². The van der Waals surface area contributed by atoms with Gasteiger partial charge in [0.25, 0.3) is 0 Å². The SMILES string of the molecule is C#CCC(=O)NC1(CO)CCOCC1. The fourth-order valence-electron chi connectivity index (χ4n) is 1.52. The third-order valence-electron chi connectivity index (χ3n) is 2.42. The van der Waals surface area contributed by atoms with Gasteiger partial charge >= 0.3 is 0 Å². The molecule has 0 bridgehead atoms. The molecule has 0 saturated carbocycles. The molecule has 1 aliphatic rings. The first-order valence-corrected chi connectivity index (χ1v) is 4.65. The van der Waals surface area contributed by atoms with Crippen LogP contribution in [0.15, 0.2) is 0 Å². The second-order valence-electron chi connectivity index (χ2n) is 3.48. The van der Waals surface area contributed by atoms with E-state index in [-0.39, 0.29) is 18.9 Å². The smallest absolute Gasteiger partial charge is 0.232 e. The Bertz CT molecular complexity index is 238. The third kappa shape index (κ3) is 2.72. The van der Waals surface area contributed by atoms with Crippen LogP contribution in [0.2, 0.25) is 0 Å². The molecule has 2 N–H and O–H groups in total. The highest BCUT2D eigenvalue weighted by atomic mass is 16.5. The van der Waals surface area contributed by atoms with Gasteiger partial charge < -0.3 is 15.2 Å². The van der Waals surface area contributed by atoms with E-state index in [1.807, 2.05) is 0 Å². The Labute approximate surface area is 83.6 Å². The number of carbonyl (C=O) groups is 1. The van der Waals surface area contributed by atoms with Crippen LogP contribution in [-0.4, -0.2) is 36.4 Å². The Balaban J connectivity index is 2.52. The Kier molecular flexibility index (Phi) is 3.93. The predicted octanol–water partition coefficient (Wildman–Crippen LogP) is -0.333. The zero-order valence-corrected chi connectivity index (χ0v) is 8.08. The van der Waals surface area contributed by atoms with Gasteiger partial charge in [0.05, 0.1) is 18.6 Å². The van der Waals surface area contributed by atoms with Crippen molar-refractivity contribution in [2.45, 2.75) is 24.8 Å². The molecule has 0 aromatic heterocycles. The van der Waals surface area contributed by atoms with Crippen molar-refractivity contribution < 1.29 is 14.6 Å².